The molecule has 0 amide bonds. The zero-order valence-electron chi connectivity index (χ0n) is 24.8. The lowest BCUT2D eigenvalue weighted by Crippen LogP contribution is -2.57. The van der Waals surface area contributed by atoms with Gasteiger partial charge in [-0.1, -0.05) is 0 Å². The van der Waals surface area contributed by atoms with E-state index in [0.717, 1.165) is 32.1 Å². The molecule has 0 aromatic rings. The van der Waals surface area contributed by atoms with Gasteiger partial charge in [0.15, 0.2) is 16.6 Å². The van der Waals surface area contributed by atoms with E-state index >= 15 is 0 Å². The van der Waals surface area contributed by atoms with Gasteiger partial charge in [0.1, 0.15) is 0 Å². The Morgan fingerprint density at radius 2 is 0.971 bits per heavy atom. The fourth-order valence-corrected chi connectivity index (χ4v) is 22.6. The molecule has 4 atom stereocenters. The summed E-state index contributed by atoms with van der Waals surface area (Å²) < 4.78 is 20.0. The molecule has 0 aliphatic heterocycles. The predicted octanol–water partition coefficient (Wildman–Crippen LogP) is 3.62. The van der Waals surface area contributed by atoms with Crippen molar-refractivity contribution in [2.75, 3.05) is 39.3 Å². The van der Waals surface area contributed by atoms with Gasteiger partial charge < -0.3 is 27.7 Å². The molecule has 0 radical (unpaired) electrons. The summed E-state index contributed by atoms with van der Waals surface area (Å²) in [6, 6.07) is 0.879. The van der Waals surface area contributed by atoms with E-state index in [1.165, 1.54) is 0 Å². The van der Waals surface area contributed by atoms with Crippen LogP contribution in [0.15, 0.2) is 0 Å². The summed E-state index contributed by atoms with van der Waals surface area (Å²) in [6.45, 7) is 29.0. The van der Waals surface area contributed by atoms with Gasteiger partial charge in [0, 0.05) is 32.7 Å². The van der Waals surface area contributed by atoms with Crippen molar-refractivity contribution in [3.8, 4) is 0 Å². The van der Waals surface area contributed by atoms with Gasteiger partial charge in [-0.15, -0.1) is 0 Å². The molecule has 0 aliphatic rings. The normalized spacial score (nSPS) is 18.1. The largest absolute Gasteiger partial charge is 0.437 e. The molecule has 0 aromatic carbocycles. The fraction of sp³-hybridized carbons (Fsp3) is 1.00. The van der Waals surface area contributed by atoms with Crippen molar-refractivity contribution in [1.29, 1.82) is 0 Å². The quantitative estimate of drug-likeness (QED) is 0.203. The molecular weight excluding hydrogens is 513 g/mol. The van der Waals surface area contributed by atoms with Crippen molar-refractivity contribution < 1.29 is 27.7 Å². The molecular formula is C23H58N2O6Si4. The summed E-state index contributed by atoms with van der Waals surface area (Å²) in [6.07, 6.45) is -0.407. The molecule has 0 rings (SSSR count). The fourth-order valence-electron chi connectivity index (χ4n) is 4.63. The highest BCUT2D eigenvalue weighted by Crippen LogP contribution is 2.27. The first-order chi connectivity index (χ1) is 15.6. The first kappa shape index (κ1) is 35.5. The molecule has 0 fully saturated rings. The molecule has 0 aliphatic carbocycles. The Balaban J connectivity index is 5.29. The second-order valence-electron chi connectivity index (χ2n) is 12.8. The van der Waals surface area contributed by atoms with Crippen LogP contribution in [-0.2, 0) is 12.3 Å². The van der Waals surface area contributed by atoms with E-state index in [9.17, 15) is 15.3 Å². The SMILES string of the molecule is CC(O)CN(CCC[Si](C)(O[Si](C)(C)C)O[Si](C)(C)O[Si](C)(C)C)CCN(CC(C)O)CC(C)O. The molecule has 4 unspecified atom stereocenters. The number of aliphatic hydroxyl groups excluding tert-OH is 3. The third kappa shape index (κ3) is 20.2. The highest BCUT2D eigenvalue weighted by atomic mass is 28.5. The third-order valence-corrected chi connectivity index (χ3v) is 18.5. The van der Waals surface area contributed by atoms with Gasteiger partial charge in [0.2, 0.25) is 0 Å². The van der Waals surface area contributed by atoms with Gasteiger partial charge in [-0.3, -0.25) is 9.80 Å². The van der Waals surface area contributed by atoms with Crippen LogP contribution in [0.3, 0.4) is 0 Å². The van der Waals surface area contributed by atoms with E-state index in [-0.39, 0.29) is 0 Å². The predicted molar refractivity (Wildman–Crippen MR) is 156 cm³/mol. The maximum atomic E-state index is 10.1. The van der Waals surface area contributed by atoms with Gasteiger partial charge in [0.05, 0.1) is 18.3 Å². The first-order valence-corrected chi connectivity index (χ1v) is 25.4. The van der Waals surface area contributed by atoms with Crippen LogP contribution in [0.5, 0.6) is 0 Å². The lowest BCUT2D eigenvalue weighted by molar-refractivity contribution is 0.0682. The summed E-state index contributed by atoms with van der Waals surface area (Å²) in [7, 11) is -8.32. The van der Waals surface area contributed by atoms with Gasteiger partial charge in [-0.05, 0) is 98.7 Å². The van der Waals surface area contributed by atoms with Gasteiger partial charge in [-0.2, -0.15) is 0 Å². The van der Waals surface area contributed by atoms with E-state index in [0.29, 0.717) is 19.6 Å². The highest BCUT2D eigenvalue weighted by molar-refractivity contribution is 6.89. The third-order valence-electron chi connectivity index (χ3n) is 4.94. The Morgan fingerprint density at radius 1 is 0.571 bits per heavy atom. The van der Waals surface area contributed by atoms with E-state index < -0.39 is 52.1 Å². The zero-order chi connectivity index (χ0) is 27.7. The number of hydrogen-bond acceptors (Lipinski definition) is 8. The summed E-state index contributed by atoms with van der Waals surface area (Å²) in [5, 5.41) is 29.7. The molecule has 0 aromatic heterocycles. The van der Waals surface area contributed by atoms with Crippen LogP contribution in [-0.4, -0.2) is 116 Å². The Kier molecular flexibility index (Phi) is 15.5. The second kappa shape index (κ2) is 15.2. The lowest BCUT2D eigenvalue weighted by atomic mass is 10.2. The molecule has 3 N–H and O–H groups in total. The average molecular weight is 571 g/mol. The number of hydrogen-bond donors (Lipinski definition) is 3. The van der Waals surface area contributed by atoms with E-state index in [2.05, 4.69) is 68.7 Å². The summed E-state index contributed by atoms with van der Waals surface area (Å²) in [4.78, 5) is 4.36. The van der Waals surface area contributed by atoms with E-state index in [1.807, 2.05) is 6.92 Å². The van der Waals surface area contributed by atoms with Gasteiger partial charge in [0.25, 0.3) is 0 Å². The van der Waals surface area contributed by atoms with Crippen molar-refractivity contribution in [2.24, 2.45) is 0 Å². The number of nitrogens with zero attached hydrogens (tertiary/aromatic N) is 2. The molecule has 35 heavy (non-hydrogen) atoms. The Labute approximate surface area is 220 Å². The number of aliphatic hydroxyl groups is 3. The minimum atomic E-state index is -2.46. The van der Waals surface area contributed by atoms with Crippen molar-refractivity contribution in [1.82, 2.24) is 9.80 Å². The highest BCUT2D eigenvalue weighted by Gasteiger charge is 2.44. The maximum absolute atomic E-state index is 10.1. The van der Waals surface area contributed by atoms with Crippen LogP contribution in [0.1, 0.15) is 27.2 Å². The minimum absolute atomic E-state index is 0.424. The summed E-state index contributed by atoms with van der Waals surface area (Å²) in [5.41, 5.74) is 0. The molecule has 0 saturated heterocycles. The van der Waals surface area contributed by atoms with Crippen molar-refractivity contribution in [2.45, 2.75) is 110 Å². The number of rotatable bonds is 19. The van der Waals surface area contributed by atoms with Gasteiger partial charge in [-0.25, -0.2) is 0 Å². The molecule has 0 spiro atoms. The Bertz CT molecular complexity index is 575. The maximum Gasteiger partial charge on any atom is 0.315 e. The molecule has 8 nitrogen and oxygen atoms in total. The molecule has 212 valence electrons. The Hall–Kier alpha value is 0.548. The van der Waals surface area contributed by atoms with E-state index in [4.69, 9.17) is 12.3 Å². The first-order valence-electron chi connectivity index (χ1n) is 13.2. The molecule has 0 bridgehead atoms. The van der Waals surface area contributed by atoms with Crippen LogP contribution in [0.25, 0.3) is 0 Å². The molecule has 0 heterocycles. The second-order valence-corrected chi connectivity index (χ2v) is 29.2. The van der Waals surface area contributed by atoms with Crippen LogP contribution in [0.4, 0.5) is 0 Å². The van der Waals surface area contributed by atoms with Crippen molar-refractivity contribution >= 4 is 33.8 Å². The Morgan fingerprint density at radius 3 is 1.37 bits per heavy atom. The smallest absolute Gasteiger partial charge is 0.315 e. The van der Waals surface area contributed by atoms with E-state index in [1.54, 1.807) is 13.8 Å². The van der Waals surface area contributed by atoms with Crippen molar-refractivity contribution in [3.63, 3.8) is 0 Å². The average Bonchev–Trinajstić information content (AvgIpc) is 2.52. The monoisotopic (exact) mass is 570 g/mol. The van der Waals surface area contributed by atoms with Crippen molar-refractivity contribution in [3.05, 3.63) is 0 Å². The van der Waals surface area contributed by atoms with Crippen LogP contribution in [0, 0.1) is 0 Å². The van der Waals surface area contributed by atoms with Crippen LogP contribution in [0.2, 0.25) is 65.0 Å². The molecule has 12 heteroatoms. The lowest BCUT2D eigenvalue weighted by Gasteiger charge is -2.41. The van der Waals surface area contributed by atoms with Crippen LogP contribution >= 0.6 is 0 Å². The molecule has 0 saturated carbocycles. The van der Waals surface area contributed by atoms with Gasteiger partial charge >= 0.3 is 17.1 Å². The standard InChI is InChI=1S/C23H58N2O6Si4/c1-21(26)18-24(15-16-25(19-22(2)27)20-23(3)28)14-13-17-35(12,30-33(7,8)9)31-34(10,11)29-32(4,5)6/h21-23,26-28H,13-20H2,1-12H3. The summed E-state index contributed by atoms with van der Waals surface area (Å²) >= 11 is 0. The summed E-state index contributed by atoms with van der Waals surface area (Å²) in [5.74, 6) is 0. The van der Waals surface area contributed by atoms with Crippen LogP contribution < -0.4 is 0 Å². The topological polar surface area (TPSA) is 94.9 Å². The zero-order valence-corrected chi connectivity index (χ0v) is 28.8. The minimum Gasteiger partial charge on any atom is -0.437 e.